The highest BCUT2D eigenvalue weighted by atomic mass is 14.7. The molecular weight excluding hydrogens is 208 g/mol. The lowest BCUT2D eigenvalue weighted by atomic mass is 10.1. The van der Waals surface area contributed by atoms with Crippen LogP contribution in [0.3, 0.4) is 0 Å². The summed E-state index contributed by atoms with van der Waals surface area (Å²) in [5.74, 6) is 0. The largest absolute Gasteiger partial charge is 0.397 e. The van der Waals surface area contributed by atoms with Crippen LogP contribution in [0.5, 0.6) is 0 Å². The molecule has 2 rings (SSSR count). The van der Waals surface area contributed by atoms with Gasteiger partial charge in [0.2, 0.25) is 0 Å². The number of nitrogens with zero attached hydrogens (tertiary/aromatic N) is 1. The van der Waals surface area contributed by atoms with Gasteiger partial charge in [-0.2, -0.15) is 0 Å². The fourth-order valence-electron chi connectivity index (χ4n) is 1.51. The van der Waals surface area contributed by atoms with Crippen molar-refractivity contribution in [1.82, 2.24) is 4.98 Å². The quantitative estimate of drug-likeness (QED) is 0.802. The van der Waals surface area contributed by atoms with Crippen LogP contribution >= 0.6 is 0 Å². The SMILES string of the molecule is CC.Cc1ccc(-c2nccc(C)c2N)cc1. The second-order valence-corrected chi connectivity index (χ2v) is 3.76. The van der Waals surface area contributed by atoms with Crippen LogP contribution in [0.25, 0.3) is 11.3 Å². The molecule has 2 N–H and O–H groups in total. The van der Waals surface area contributed by atoms with Crippen molar-refractivity contribution in [3.63, 3.8) is 0 Å². The fourth-order valence-corrected chi connectivity index (χ4v) is 1.51. The van der Waals surface area contributed by atoms with E-state index in [0.717, 1.165) is 22.5 Å². The minimum absolute atomic E-state index is 0.765. The highest BCUT2D eigenvalue weighted by molar-refractivity contribution is 5.74. The predicted octanol–water partition coefficient (Wildman–Crippen LogP) is 3.97. The van der Waals surface area contributed by atoms with Gasteiger partial charge in [-0.3, -0.25) is 4.98 Å². The summed E-state index contributed by atoms with van der Waals surface area (Å²) >= 11 is 0. The zero-order valence-electron chi connectivity index (χ0n) is 11.0. The van der Waals surface area contributed by atoms with Gasteiger partial charge < -0.3 is 5.73 Å². The second kappa shape index (κ2) is 6.04. The molecule has 0 saturated carbocycles. The van der Waals surface area contributed by atoms with Crippen molar-refractivity contribution < 1.29 is 0 Å². The lowest BCUT2D eigenvalue weighted by molar-refractivity contribution is 1.29. The van der Waals surface area contributed by atoms with Crippen molar-refractivity contribution >= 4 is 5.69 Å². The third kappa shape index (κ3) is 3.06. The first-order valence-corrected chi connectivity index (χ1v) is 5.96. The van der Waals surface area contributed by atoms with E-state index in [2.05, 4.69) is 24.0 Å². The van der Waals surface area contributed by atoms with Crippen LogP contribution in [0, 0.1) is 13.8 Å². The average molecular weight is 228 g/mol. The van der Waals surface area contributed by atoms with Crippen LogP contribution < -0.4 is 5.73 Å². The van der Waals surface area contributed by atoms with E-state index < -0.39 is 0 Å². The van der Waals surface area contributed by atoms with E-state index in [9.17, 15) is 0 Å². The number of hydrogen-bond donors (Lipinski definition) is 1. The van der Waals surface area contributed by atoms with E-state index >= 15 is 0 Å². The first kappa shape index (κ1) is 13.2. The summed E-state index contributed by atoms with van der Waals surface area (Å²) in [6, 6.07) is 10.2. The highest BCUT2D eigenvalue weighted by Gasteiger charge is 2.05. The van der Waals surface area contributed by atoms with Gasteiger partial charge in [0.15, 0.2) is 0 Å². The molecule has 0 saturated heterocycles. The van der Waals surface area contributed by atoms with E-state index in [-0.39, 0.29) is 0 Å². The van der Waals surface area contributed by atoms with Gasteiger partial charge in [-0.15, -0.1) is 0 Å². The van der Waals surface area contributed by atoms with E-state index in [1.54, 1.807) is 6.20 Å². The van der Waals surface area contributed by atoms with Gasteiger partial charge in [0.25, 0.3) is 0 Å². The molecule has 2 aromatic rings. The van der Waals surface area contributed by atoms with Crippen LogP contribution in [-0.2, 0) is 0 Å². The van der Waals surface area contributed by atoms with Gasteiger partial charge in [-0.25, -0.2) is 0 Å². The number of nitrogens with two attached hydrogens (primary N) is 1. The highest BCUT2D eigenvalue weighted by Crippen LogP contribution is 2.25. The zero-order valence-corrected chi connectivity index (χ0v) is 11.0. The average Bonchev–Trinajstić information content (AvgIpc) is 2.37. The summed E-state index contributed by atoms with van der Waals surface area (Å²) in [6.45, 7) is 8.06. The normalized spacial score (nSPS) is 9.41. The van der Waals surface area contributed by atoms with Crippen molar-refractivity contribution in [3.05, 3.63) is 47.7 Å². The Morgan fingerprint density at radius 3 is 2.12 bits per heavy atom. The monoisotopic (exact) mass is 228 g/mol. The maximum absolute atomic E-state index is 5.99. The Balaban J connectivity index is 0.000000686. The summed E-state index contributed by atoms with van der Waals surface area (Å²) < 4.78 is 0. The Bertz CT molecular complexity index is 473. The molecule has 1 aromatic heterocycles. The molecule has 0 radical (unpaired) electrons. The maximum Gasteiger partial charge on any atom is 0.0933 e. The number of pyridine rings is 1. The molecule has 0 bridgehead atoms. The van der Waals surface area contributed by atoms with E-state index in [0.29, 0.717) is 0 Å². The number of benzene rings is 1. The zero-order chi connectivity index (χ0) is 12.8. The standard InChI is InChI=1S/C13H14N2.C2H6/c1-9-3-5-11(6-4-9)13-12(14)10(2)7-8-15-13;1-2/h3-8H,14H2,1-2H3;1-2H3. The Morgan fingerprint density at radius 1 is 0.941 bits per heavy atom. The second-order valence-electron chi connectivity index (χ2n) is 3.76. The van der Waals surface area contributed by atoms with Crippen LogP contribution in [0.4, 0.5) is 5.69 Å². The van der Waals surface area contributed by atoms with Gasteiger partial charge in [0, 0.05) is 11.8 Å². The minimum atomic E-state index is 0.765. The molecule has 90 valence electrons. The smallest absolute Gasteiger partial charge is 0.0933 e. The van der Waals surface area contributed by atoms with Crippen molar-refractivity contribution in [2.45, 2.75) is 27.7 Å². The predicted molar refractivity (Wildman–Crippen MR) is 74.9 cm³/mol. The van der Waals surface area contributed by atoms with E-state index in [4.69, 9.17) is 5.73 Å². The number of anilines is 1. The number of hydrogen-bond acceptors (Lipinski definition) is 2. The third-order valence-electron chi connectivity index (χ3n) is 2.53. The summed E-state index contributed by atoms with van der Waals surface area (Å²) in [7, 11) is 0. The Kier molecular flexibility index (Phi) is 4.70. The molecule has 2 heteroatoms. The molecule has 2 nitrogen and oxygen atoms in total. The lowest BCUT2D eigenvalue weighted by Gasteiger charge is -2.07. The van der Waals surface area contributed by atoms with Crippen LogP contribution in [0.15, 0.2) is 36.5 Å². The van der Waals surface area contributed by atoms with Crippen LogP contribution in [0.1, 0.15) is 25.0 Å². The molecule has 0 fully saturated rings. The number of aryl methyl sites for hydroxylation is 2. The van der Waals surface area contributed by atoms with Gasteiger partial charge in [-0.1, -0.05) is 43.7 Å². The van der Waals surface area contributed by atoms with Crippen LogP contribution in [-0.4, -0.2) is 4.98 Å². The maximum atomic E-state index is 5.99. The molecule has 0 aliphatic rings. The third-order valence-corrected chi connectivity index (χ3v) is 2.53. The molecule has 0 amide bonds. The Hall–Kier alpha value is -1.83. The summed E-state index contributed by atoms with van der Waals surface area (Å²) in [5, 5.41) is 0. The summed E-state index contributed by atoms with van der Waals surface area (Å²) in [6.07, 6.45) is 1.79. The van der Waals surface area contributed by atoms with Gasteiger partial charge in [0.05, 0.1) is 11.4 Å². The first-order valence-electron chi connectivity index (χ1n) is 5.96. The van der Waals surface area contributed by atoms with Crippen LogP contribution in [0.2, 0.25) is 0 Å². The molecule has 0 spiro atoms. The molecule has 17 heavy (non-hydrogen) atoms. The summed E-state index contributed by atoms with van der Waals surface area (Å²) in [5.41, 5.74) is 11.0. The fraction of sp³-hybridized carbons (Fsp3) is 0.267. The van der Waals surface area contributed by atoms with Gasteiger partial charge in [0.1, 0.15) is 0 Å². The van der Waals surface area contributed by atoms with Crippen molar-refractivity contribution in [3.8, 4) is 11.3 Å². The summed E-state index contributed by atoms with van der Waals surface area (Å²) in [4.78, 5) is 4.31. The van der Waals surface area contributed by atoms with Gasteiger partial charge >= 0.3 is 0 Å². The van der Waals surface area contributed by atoms with Gasteiger partial charge in [-0.05, 0) is 25.5 Å². The Morgan fingerprint density at radius 2 is 1.53 bits per heavy atom. The number of nitrogen functional groups attached to an aromatic ring is 1. The van der Waals surface area contributed by atoms with Crippen molar-refractivity contribution in [2.24, 2.45) is 0 Å². The first-order chi connectivity index (χ1) is 8.18. The topological polar surface area (TPSA) is 38.9 Å². The number of aromatic nitrogens is 1. The molecule has 0 atom stereocenters. The molecule has 0 aliphatic heterocycles. The lowest BCUT2D eigenvalue weighted by Crippen LogP contribution is -1.96. The minimum Gasteiger partial charge on any atom is -0.397 e. The van der Waals surface area contributed by atoms with E-state index in [1.807, 2.05) is 39.0 Å². The number of rotatable bonds is 1. The molecule has 0 aliphatic carbocycles. The Labute approximate surface area is 104 Å². The van der Waals surface area contributed by atoms with Crippen molar-refractivity contribution in [1.29, 1.82) is 0 Å². The molecular formula is C15H20N2. The molecule has 0 unspecified atom stereocenters. The van der Waals surface area contributed by atoms with Crippen molar-refractivity contribution in [2.75, 3.05) is 5.73 Å². The molecule has 1 heterocycles. The van der Waals surface area contributed by atoms with E-state index in [1.165, 1.54) is 5.56 Å². The molecule has 1 aromatic carbocycles.